The highest BCUT2D eigenvalue weighted by Gasteiger charge is 2.06. The number of rotatable bonds is 8. The van der Waals surface area contributed by atoms with E-state index in [9.17, 15) is 4.79 Å². The summed E-state index contributed by atoms with van der Waals surface area (Å²) in [5, 5.41) is 4.35. The number of methoxy groups -OCH3 is 1. The SMILES string of the molecule is COc1ccc2c(CNCCCSc3ccccc3)cc(=O)oc2c1. The molecule has 0 aliphatic heterocycles. The van der Waals surface area contributed by atoms with Crippen molar-refractivity contribution in [2.45, 2.75) is 17.9 Å². The van der Waals surface area contributed by atoms with E-state index in [1.54, 1.807) is 19.2 Å². The van der Waals surface area contributed by atoms with Crippen LogP contribution in [0.25, 0.3) is 11.0 Å². The van der Waals surface area contributed by atoms with E-state index in [1.807, 2.05) is 30.0 Å². The lowest BCUT2D eigenvalue weighted by Gasteiger charge is -2.08. The van der Waals surface area contributed by atoms with Crippen LogP contribution >= 0.6 is 11.8 Å². The summed E-state index contributed by atoms with van der Waals surface area (Å²) in [7, 11) is 1.60. The Morgan fingerprint density at radius 2 is 1.96 bits per heavy atom. The molecule has 0 unspecified atom stereocenters. The monoisotopic (exact) mass is 355 g/mol. The first-order valence-corrected chi connectivity index (χ1v) is 9.24. The topological polar surface area (TPSA) is 51.5 Å². The second kappa shape index (κ2) is 8.74. The van der Waals surface area contributed by atoms with E-state index in [0.29, 0.717) is 17.9 Å². The molecule has 3 aromatic rings. The summed E-state index contributed by atoms with van der Waals surface area (Å²) in [6, 6.07) is 17.5. The average molecular weight is 355 g/mol. The summed E-state index contributed by atoms with van der Waals surface area (Å²) < 4.78 is 10.5. The van der Waals surface area contributed by atoms with Gasteiger partial charge in [0.05, 0.1) is 7.11 Å². The van der Waals surface area contributed by atoms with Gasteiger partial charge in [-0.3, -0.25) is 0 Å². The van der Waals surface area contributed by atoms with Crippen LogP contribution in [0.3, 0.4) is 0 Å². The molecule has 3 rings (SSSR count). The molecule has 0 bridgehead atoms. The fourth-order valence-electron chi connectivity index (χ4n) is 2.61. The largest absolute Gasteiger partial charge is 0.497 e. The third-order valence-corrected chi connectivity index (χ3v) is 4.96. The average Bonchev–Trinajstić information content (AvgIpc) is 2.64. The number of nitrogens with one attached hydrogen (secondary N) is 1. The maximum Gasteiger partial charge on any atom is 0.336 e. The zero-order valence-electron chi connectivity index (χ0n) is 14.2. The Hall–Kier alpha value is -2.24. The second-order valence-electron chi connectivity index (χ2n) is 5.64. The summed E-state index contributed by atoms with van der Waals surface area (Å²) in [6.07, 6.45) is 1.06. The van der Waals surface area contributed by atoms with Crippen LogP contribution in [0.5, 0.6) is 5.75 Å². The van der Waals surface area contributed by atoms with Crippen molar-refractivity contribution in [1.29, 1.82) is 0 Å². The second-order valence-corrected chi connectivity index (χ2v) is 6.81. The molecule has 1 N–H and O–H groups in total. The zero-order chi connectivity index (χ0) is 17.5. The molecule has 0 aliphatic carbocycles. The summed E-state index contributed by atoms with van der Waals surface area (Å²) in [6.45, 7) is 1.54. The predicted molar refractivity (Wildman–Crippen MR) is 103 cm³/mol. The van der Waals surface area contributed by atoms with Crippen LogP contribution in [0.15, 0.2) is 68.7 Å². The van der Waals surface area contributed by atoms with Crippen molar-refractivity contribution < 1.29 is 9.15 Å². The van der Waals surface area contributed by atoms with Crippen molar-refractivity contribution in [1.82, 2.24) is 5.32 Å². The van der Waals surface area contributed by atoms with Gasteiger partial charge in [-0.2, -0.15) is 0 Å². The lowest BCUT2D eigenvalue weighted by atomic mass is 10.1. The Kier molecular flexibility index (Phi) is 6.14. The van der Waals surface area contributed by atoms with E-state index in [-0.39, 0.29) is 5.63 Å². The normalized spacial score (nSPS) is 10.9. The number of hydrogen-bond acceptors (Lipinski definition) is 5. The first-order chi connectivity index (χ1) is 12.3. The summed E-state index contributed by atoms with van der Waals surface area (Å²) in [4.78, 5) is 13.1. The summed E-state index contributed by atoms with van der Waals surface area (Å²) in [5.74, 6) is 1.74. The number of fused-ring (bicyclic) bond motifs is 1. The molecule has 25 heavy (non-hydrogen) atoms. The van der Waals surface area contributed by atoms with Crippen molar-refractivity contribution in [2.75, 3.05) is 19.4 Å². The Morgan fingerprint density at radius 3 is 2.76 bits per heavy atom. The maximum absolute atomic E-state index is 11.8. The van der Waals surface area contributed by atoms with Crippen molar-refractivity contribution in [3.8, 4) is 5.75 Å². The molecule has 1 heterocycles. The van der Waals surface area contributed by atoms with Gasteiger partial charge in [0, 0.05) is 29.0 Å². The van der Waals surface area contributed by atoms with E-state index in [4.69, 9.17) is 9.15 Å². The molecular formula is C20H21NO3S. The third kappa shape index (κ3) is 4.87. The first kappa shape index (κ1) is 17.6. The van der Waals surface area contributed by atoms with E-state index in [1.165, 1.54) is 4.90 Å². The fourth-order valence-corrected chi connectivity index (χ4v) is 3.48. The summed E-state index contributed by atoms with van der Waals surface area (Å²) in [5.41, 5.74) is 1.17. The molecule has 1 aromatic heterocycles. The van der Waals surface area contributed by atoms with E-state index in [2.05, 4.69) is 29.6 Å². The lowest BCUT2D eigenvalue weighted by molar-refractivity contribution is 0.414. The smallest absolute Gasteiger partial charge is 0.336 e. The molecule has 130 valence electrons. The molecule has 0 spiro atoms. The van der Waals surface area contributed by atoms with Crippen molar-refractivity contribution in [2.24, 2.45) is 0 Å². The van der Waals surface area contributed by atoms with Crippen LogP contribution in [0.4, 0.5) is 0 Å². The van der Waals surface area contributed by atoms with Crippen LogP contribution in [-0.4, -0.2) is 19.4 Å². The molecule has 0 amide bonds. The van der Waals surface area contributed by atoms with Gasteiger partial charge in [-0.25, -0.2) is 4.79 Å². The third-order valence-electron chi connectivity index (χ3n) is 3.86. The minimum absolute atomic E-state index is 0.336. The van der Waals surface area contributed by atoms with Gasteiger partial charge in [0.2, 0.25) is 0 Å². The van der Waals surface area contributed by atoms with Gasteiger partial charge in [-0.1, -0.05) is 18.2 Å². The quantitative estimate of drug-likeness (QED) is 0.375. The van der Waals surface area contributed by atoms with Crippen LogP contribution in [-0.2, 0) is 6.54 Å². The van der Waals surface area contributed by atoms with Crippen LogP contribution < -0.4 is 15.7 Å². The van der Waals surface area contributed by atoms with E-state index < -0.39 is 0 Å². The van der Waals surface area contributed by atoms with Gasteiger partial charge < -0.3 is 14.5 Å². The van der Waals surface area contributed by atoms with E-state index in [0.717, 1.165) is 29.7 Å². The molecule has 0 atom stereocenters. The first-order valence-electron chi connectivity index (χ1n) is 8.25. The molecule has 0 saturated carbocycles. The molecule has 5 heteroatoms. The van der Waals surface area contributed by atoms with Gasteiger partial charge in [0.15, 0.2) is 0 Å². The predicted octanol–water partition coefficient (Wildman–Crippen LogP) is 4.07. The molecule has 4 nitrogen and oxygen atoms in total. The Balaban J connectivity index is 1.53. The molecular weight excluding hydrogens is 334 g/mol. The van der Waals surface area contributed by atoms with Gasteiger partial charge in [-0.05, 0) is 48.5 Å². The minimum Gasteiger partial charge on any atom is -0.497 e. The van der Waals surface area contributed by atoms with Gasteiger partial charge in [0.25, 0.3) is 0 Å². The Labute approximate surface area is 151 Å². The molecule has 0 saturated heterocycles. The highest BCUT2D eigenvalue weighted by atomic mass is 32.2. The van der Waals surface area contributed by atoms with Crippen LogP contribution in [0.2, 0.25) is 0 Å². The Bertz CT molecular complexity index is 877. The molecule has 0 aliphatic rings. The van der Waals surface area contributed by atoms with Gasteiger partial charge in [0.1, 0.15) is 11.3 Å². The minimum atomic E-state index is -0.336. The summed E-state index contributed by atoms with van der Waals surface area (Å²) >= 11 is 1.86. The standard InChI is InChI=1S/C20H21NO3S/c1-23-16-8-9-18-15(12-20(22)24-19(18)13-16)14-21-10-5-11-25-17-6-3-2-4-7-17/h2-4,6-9,12-13,21H,5,10-11,14H2,1H3. The van der Waals surface area contributed by atoms with E-state index >= 15 is 0 Å². The number of thioether (sulfide) groups is 1. The number of benzene rings is 2. The molecule has 0 radical (unpaired) electrons. The van der Waals surface area contributed by atoms with Crippen LogP contribution in [0.1, 0.15) is 12.0 Å². The highest BCUT2D eigenvalue weighted by molar-refractivity contribution is 7.99. The molecule has 0 fully saturated rings. The number of hydrogen-bond donors (Lipinski definition) is 1. The van der Waals surface area contributed by atoms with Crippen molar-refractivity contribution in [3.05, 3.63) is 70.6 Å². The highest BCUT2D eigenvalue weighted by Crippen LogP contribution is 2.22. The van der Waals surface area contributed by atoms with Crippen molar-refractivity contribution in [3.63, 3.8) is 0 Å². The number of ether oxygens (including phenoxy) is 1. The zero-order valence-corrected chi connectivity index (χ0v) is 15.0. The molecule has 2 aromatic carbocycles. The van der Waals surface area contributed by atoms with Crippen molar-refractivity contribution >= 4 is 22.7 Å². The fraction of sp³-hybridized carbons (Fsp3) is 0.250. The lowest BCUT2D eigenvalue weighted by Crippen LogP contribution is -2.16. The van der Waals surface area contributed by atoms with Gasteiger partial charge in [-0.15, -0.1) is 11.8 Å². The maximum atomic E-state index is 11.8. The van der Waals surface area contributed by atoms with Crippen LogP contribution in [0, 0.1) is 0 Å². The van der Waals surface area contributed by atoms with Gasteiger partial charge >= 0.3 is 5.63 Å². The Morgan fingerprint density at radius 1 is 1.12 bits per heavy atom.